The van der Waals surface area contributed by atoms with Gasteiger partial charge in [0.05, 0.1) is 17.1 Å². The van der Waals surface area contributed by atoms with Gasteiger partial charge in [-0.25, -0.2) is 14.8 Å². The number of carbonyl (C=O) groups excluding carboxylic acids is 2. The summed E-state index contributed by atoms with van der Waals surface area (Å²) < 4.78 is 9.10. The number of esters is 1. The molecule has 0 atom stereocenters. The molecule has 5 heterocycles. The maximum atomic E-state index is 13.9. The monoisotopic (exact) mass is 715 g/mol. The second-order valence-electron chi connectivity index (χ2n) is 16.7. The van der Waals surface area contributed by atoms with E-state index in [1.165, 1.54) is 49.9 Å². The number of nitrogens with zero attached hydrogens (tertiary/aromatic N) is 6. The number of thiazole rings is 1. The Labute approximate surface area is 308 Å². The predicted octanol–water partition coefficient (Wildman–Crippen LogP) is 8.24. The maximum Gasteiger partial charge on any atom is 0.358 e. The standard InChI is InChI=1S/C41H45N7O3S/c1-24-31(20-43-48(24)23-41-17-25-14-26(18-41)16-27(15-25)19-41)29-8-9-35(45-36(29)38(50)51-40(2,3)4)47-13-11-28-6-5-7-30(32(28)22-47)37(49)46-39-44-33-21-42-12-10-34(33)52-39/h5-10,12,20-21,25-27H,11,13-19,22-23H2,1-4H3,(H,44,46,49). The Kier molecular flexibility index (Phi) is 7.98. The van der Waals surface area contributed by atoms with E-state index in [2.05, 4.69) is 37.9 Å². The lowest BCUT2D eigenvalue weighted by molar-refractivity contribution is -0.0638. The van der Waals surface area contributed by atoms with Crippen LogP contribution in [0.4, 0.5) is 10.9 Å². The van der Waals surface area contributed by atoms with E-state index in [0.29, 0.717) is 35.0 Å². The van der Waals surface area contributed by atoms with E-state index in [1.54, 1.807) is 12.4 Å². The molecule has 4 bridgehead atoms. The summed E-state index contributed by atoms with van der Waals surface area (Å²) in [7, 11) is 0. The molecular formula is C41H45N7O3S. The Morgan fingerprint density at radius 2 is 1.75 bits per heavy atom. The fourth-order valence-electron chi connectivity index (χ4n) is 9.98. The van der Waals surface area contributed by atoms with Gasteiger partial charge < -0.3 is 9.64 Å². The van der Waals surface area contributed by atoms with Crippen LogP contribution >= 0.6 is 11.3 Å². The van der Waals surface area contributed by atoms with Crippen LogP contribution in [-0.2, 0) is 24.2 Å². The number of fused-ring (bicyclic) bond motifs is 2. The maximum absolute atomic E-state index is 13.9. The number of benzene rings is 1. The summed E-state index contributed by atoms with van der Waals surface area (Å²) in [5.74, 6) is 2.63. The minimum atomic E-state index is -0.685. The Balaban J connectivity index is 1.01. The van der Waals surface area contributed by atoms with Gasteiger partial charge in [0.15, 0.2) is 10.8 Å². The van der Waals surface area contributed by atoms with Crippen molar-refractivity contribution in [3.63, 3.8) is 0 Å². The third kappa shape index (κ3) is 6.16. The van der Waals surface area contributed by atoms with E-state index >= 15 is 0 Å². The van der Waals surface area contributed by atoms with Gasteiger partial charge in [0.2, 0.25) is 0 Å². The summed E-state index contributed by atoms with van der Waals surface area (Å²) >= 11 is 1.43. The summed E-state index contributed by atoms with van der Waals surface area (Å²) in [6.45, 7) is 9.87. The second-order valence-corrected chi connectivity index (χ2v) is 17.7. The highest BCUT2D eigenvalue weighted by Crippen LogP contribution is 2.60. The van der Waals surface area contributed by atoms with Crippen LogP contribution in [0.25, 0.3) is 21.3 Å². The summed E-state index contributed by atoms with van der Waals surface area (Å²) in [6, 6.07) is 11.8. The lowest BCUT2D eigenvalue weighted by Gasteiger charge is -2.56. The van der Waals surface area contributed by atoms with Crippen LogP contribution in [0.1, 0.15) is 97.0 Å². The number of anilines is 2. The topological polar surface area (TPSA) is 115 Å². The highest BCUT2D eigenvalue weighted by molar-refractivity contribution is 7.22. The molecule has 0 unspecified atom stereocenters. The quantitative estimate of drug-likeness (QED) is 0.168. The third-order valence-electron chi connectivity index (χ3n) is 11.8. The van der Waals surface area contributed by atoms with Crippen molar-refractivity contribution in [3.05, 3.63) is 83.1 Å². The van der Waals surface area contributed by atoms with E-state index in [1.807, 2.05) is 57.3 Å². The zero-order valence-electron chi connectivity index (χ0n) is 30.3. The Hall–Kier alpha value is -4.64. The largest absolute Gasteiger partial charge is 0.455 e. The average molecular weight is 716 g/mol. The van der Waals surface area contributed by atoms with Crippen LogP contribution in [0.3, 0.4) is 0 Å². The second kappa shape index (κ2) is 12.5. The molecule has 1 amide bonds. The van der Waals surface area contributed by atoms with E-state index in [0.717, 1.165) is 68.9 Å². The minimum absolute atomic E-state index is 0.204. The number of rotatable bonds is 7. The first-order chi connectivity index (χ1) is 25.0. The summed E-state index contributed by atoms with van der Waals surface area (Å²) in [6.07, 6.45) is 14.3. The van der Waals surface area contributed by atoms with Crippen molar-refractivity contribution in [2.24, 2.45) is 23.2 Å². The zero-order valence-corrected chi connectivity index (χ0v) is 31.1. The smallest absolute Gasteiger partial charge is 0.358 e. The van der Waals surface area contributed by atoms with Crippen molar-refractivity contribution < 1.29 is 14.3 Å². The number of aromatic nitrogens is 5. The number of carbonyl (C=O) groups is 2. The van der Waals surface area contributed by atoms with E-state index in [4.69, 9.17) is 14.8 Å². The molecule has 4 fully saturated rings. The van der Waals surface area contributed by atoms with E-state index in [9.17, 15) is 9.59 Å². The molecule has 5 aromatic rings. The van der Waals surface area contributed by atoms with Crippen LogP contribution in [0.15, 0.2) is 55.0 Å². The molecule has 5 aliphatic rings. The molecule has 0 radical (unpaired) electrons. The molecule has 1 aliphatic heterocycles. The van der Waals surface area contributed by atoms with Crippen LogP contribution in [-0.4, -0.2) is 48.8 Å². The first kappa shape index (κ1) is 33.2. The molecule has 1 aromatic carbocycles. The molecule has 4 aliphatic carbocycles. The zero-order chi connectivity index (χ0) is 35.8. The predicted molar refractivity (Wildman–Crippen MR) is 203 cm³/mol. The lowest BCUT2D eigenvalue weighted by atomic mass is 9.49. The van der Waals surface area contributed by atoms with Crippen LogP contribution in [0.2, 0.25) is 0 Å². The highest BCUT2D eigenvalue weighted by Gasteiger charge is 2.51. The molecule has 52 heavy (non-hydrogen) atoms. The fraction of sp³-hybridized carbons (Fsp3) is 0.463. The third-order valence-corrected chi connectivity index (χ3v) is 12.7. The molecule has 268 valence electrons. The van der Waals surface area contributed by atoms with Gasteiger partial charge in [-0.3, -0.25) is 19.8 Å². The average Bonchev–Trinajstić information content (AvgIpc) is 3.67. The highest BCUT2D eigenvalue weighted by atomic mass is 32.1. The van der Waals surface area contributed by atoms with Gasteiger partial charge in [-0.1, -0.05) is 23.5 Å². The van der Waals surface area contributed by atoms with Crippen LogP contribution in [0, 0.1) is 30.1 Å². The van der Waals surface area contributed by atoms with Crippen molar-refractivity contribution in [1.29, 1.82) is 0 Å². The van der Waals surface area contributed by atoms with Gasteiger partial charge >= 0.3 is 5.97 Å². The number of pyridine rings is 2. The Morgan fingerprint density at radius 3 is 2.48 bits per heavy atom. The van der Waals surface area contributed by atoms with Gasteiger partial charge in [0.25, 0.3) is 5.91 Å². The normalized spacial score (nSPS) is 23.5. The number of amides is 1. The van der Waals surface area contributed by atoms with Crippen molar-refractivity contribution in [1.82, 2.24) is 24.7 Å². The fourth-order valence-corrected chi connectivity index (χ4v) is 10.8. The van der Waals surface area contributed by atoms with Crippen molar-refractivity contribution in [3.8, 4) is 11.1 Å². The molecule has 0 spiro atoms. The molecule has 1 N–H and O–H groups in total. The van der Waals surface area contributed by atoms with Crippen LogP contribution in [0.5, 0.6) is 0 Å². The number of nitrogens with one attached hydrogen (secondary N) is 1. The van der Waals surface area contributed by atoms with E-state index < -0.39 is 11.6 Å². The molecule has 10 rings (SSSR count). The summed E-state index contributed by atoms with van der Waals surface area (Å²) in [5.41, 5.74) is 6.07. The molecule has 4 aromatic heterocycles. The number of hydrogen-bond donors (Lipinski definition) is 1. The molecule has 11 heteroatoms. The van der Waals surface area contributed by atoms with Gasteiger partial charge in [-0.15, -0.1) is 0 Å². The molecule has 10 nitrogen and oxygen atoms in total. The molecular weight excluding hydrogens is 671 g/mol. The lowest BCUT2D eigenvalue weighted by Crippen LogP contribution is -2.48. The van der Waals surface area contributed by atoms with Gasteiger partial charge in [0.1, 0.15) is 16.9 Å². The Bertz CT molecular complexity index is 2150. The number of ether oxygens (including phenoxy) is 1. The first-order valence-electron chi connectivity index (χ1n) is 18.6. The van der Waals surface area contributed by atoms with Gasteiger partial charge in [-0.05, 0) is 131 Å². The van der Waals surface area contributed by atoms with Gasteiger partial charge in [-0.2, -0.15) is 5.10 Å². The molecule has 4 saturated carbocycles. The van der Waals surface area contributed by atoms with Crippen molar-refractivity contribution in [2.75, 3.05) is 16.8 Å². The number of hydrogen-bond acceptors (Lipinski definition) is 9. The van der Waals surface area contributed by atoms with Crippen molar-refractivity contribution in [2.45, 2.75) is 91.3 Å². The van der Waals surface area contributed by atoms with Crippen LogP contribution < -0.4 is 10.2 Å². The molecule has 0 saturated heterocycles. The summed E-state index contributed by atoms with van der Waals surface area (Å²) in [5, 5.41) is 8.48. The minimum Gasteiger partial charge on any atom is -0.455 e. The summed E-state index contributed by atoms with van der Waals surface area (Å²) in [4.78, 5) is 43.4. The first-order valence-corrected chi connectivity index (χ1v) is 19.5. The Morgan fingerprint density at radius 1 is 0.981 bits per heavy atom. The van der Waals surface area contributed by atoms with E-state index in [-0.39, 0.29) is 11.6 Å². The van der Waals surface area contributed by atoms with Gasteiger partial charge in [0, 0.05) is 48.2 Å². The SMILES string of the molecule is Cc1c(-c2ccc(N3CCc4cccc(C(=O)Nc5nc6cnccc6s5)c4C3)nc2C(=O)OC(C)(C)C)cnn1CC12CC3CC(CC(C3)C1)C2. The van der Waals surface area contributed by atoms with Crippen molar-refractivity contribution >= 4 is 44.4 Å².